The van der Waals surface area contributed by atoms with Gasteiger partial charge in [0.15, 0.2) is 0 Å². The summed E-state index contributed by atoms with van der Waals surface area (Å²) in [4.78, 5) is 27.5. The molecule has 178 valence electrons. The van der Waals surface area contributed by atoms with Gasteiger partial charge in [-0.1, -0.05) is 24.8 Å². The van der Waals surface area contributed by atoms with E-state index in [1.807, 2.05) is 61.3 Å². The molecule has 1 saturated heterocycles. The van der Waals surface area contributed by atoms with Crippen LogP contribution in [0.2, 0.25) is 0 Å². The molecule has 1 amide bonds. The van der Waals surface area contributed by atoms with Gasteiger partial charge in [0, 0.05) is 48.6 Å². The molecule has 5 rings (SSSR count). The number of nitrogens with zero attached hydrogens (tertiary/aromatic N) is 5. The van der Waals surface area contributed by atoms with E-state index in [2.05, 4.69) is 33.0 Å². The molecule has 0 unspecified atom stereocenters. The van der Waals surface area contributed by atoms with Crippen molar-refractivity contribution in [2.45, 2.75) is 32.2 Å². The third-order valence-corrected chi connectivity index (χ3v) is 6.83. The maximum atomic E-state index is 12.4. The van der Waals surface area contributed by atoms with E-state index in [1.165, 1.54) is 12.4 Å². The Bertz CT molecular complexity index is 1430. The van der Waals surface area contributed by atoms with Gasteiger partial charge in [-0.15, -0.1) is 0 Å². The fraction of sp³-hybridized carbons (Fsp3) is 0.259. The summed E-state index contributed by atoms with van der Waals surface area (Å²) in [5, 5.41) is 0.819. The number of nitrogens with two attached hydrogens (primary N) is 1. The zero-order valence-corrected chi connectivity index (χ0v) is 20.1. The highest BCUT2D eigenvalue weighted by Gasteiger charge is 2.38. The summed E-state index contributed by atoms with van der Waals surface area (Å²) in [5.74, 6) is 1.73. The van der Waals surface area contributed by atoms with Gasteiger partial charge in [0.25, 0.3) is 0 Å². The van der Waals surface area contributed by atoms with Gasteiger partial charge in [-0.25, -0.2) is 15.0 Å². The van der Waals surface area contributed by atoms with Crippen molar-refractivity contribution in [3.63, 3.8) is 0 Å². The minimum atomic E-state index is -0.0501. The highest BCUT2D eigenvalue weighted by Crippen LogP contribution is 2.44. The second-order valence-corrected chi connectivity index (χ2v) is 8.89. The first kappa shape index (κ1) is 22.6. The molecular weight excluding hydrogens is 440 g/mol. The molecule has 4 aromatic rings. The van der Waals surface area contributed by atoms with Gasteiger partial charge in [0.1, 0.15) is 23.5 Å². The monoisotopic (exact) mass is 468 g/mol. The molecule has 0 bridgehead atoms. The molecule has 35 heavy (non-hydrogen) atoms. The van der Waals surface area contributed by atoms with Gasteiger partial charge in [-0.05, 0) is 50.1 Å². The van der Waals surface area contributed by atoms with Crippen molar-refractivity contribution < 1.29 is 9.53 Å². The quantitative estimate of drug-likeness (QED) is 0.430. The number of aryl methyl sites for hydroxylation is 2. The van der Waals surface area contributed by atoms with Crippen LogP contribution >= 0.6 is 0 Å². The SMILES string of the molecule is C=CC(=O)N1CC[C@@H](c2c(-c3ccc(Oc4cccc(C)n4)cc3)c3c(N)ncnc3n2C)[C@H]1C. The van der Waals surface area contributed by atoms with Crippen molar-refractivity contribution in [1.82, 2.24) is 24.4 Å². The second kappa shape index (κ2) is 8.87. The molecule has 3 aromatic heterocycles. The van der Waals surface area contributed by atoms with Crippen LogP contribution in [-0.2, 0) is 11.8 Å². The van der Waals surface area contributed by atoms with E-state index in [1.54, 1.807) is 0 Å². The van der Waals surface area contributed by atoms with E-state index in [0.717, 1.165) is 40.0 Å². The molecule has 0 radical (unpaired) electrons. The van der Waals surface area contributed by atoms with Gasteiger partial charge in [-0.3, -0.25) is 4.79 Å². The fourth-order valence-corrected chi connectivity index (χ4v) is 5.14. The first-order valence-electron chi connectivity index (χ1n) is 11.6. The molecule has 1 fully saturated rings. The zero-order valence-electron chi connectivity index (χ0n) is 20.1. The van der Waals surface area contributed by atoms with Gasteiger partial charge < -0.3 is 19.9 Å². The predicted octanol–water partition coefficient (Wildman–Crippen LogP) is 4.60. The van der Waals surface area contributed by atoms with Gasteiger partial charge in [0.05, 0.1) is 5.39 Å². The lowest BCUT2D eigenvalue weighted by molar-refractivity contribution is -0.126. The number of nitrogen functional groups attached to an aromatic ring is 1. The zero-order chi connectivity index (χ0) is 24.7. The average Bonchev–Trinajstić information content (AvgIpc) is 3.37. The van der Waals surface area contributed by atoms with Crippen molar-refractivity contribution in [2.24, 2.45) is 7.05 Å². The molecule has 8 heteroatoms. The van der Waals surface area contributed by atoms with E-state index in [-0.39, 0.29) is 17.9 Å². The van der Waals surface area contributed by atoms with Crippen molar-refractivity contribution >= 4 is 22.8 Å². The molecule has 1 aliphatic rings. The number of pyridine rings is 1. The molecule has 0 spiro atoms. The summed E-state index contributed by atoms with van der Waals surface area (Å²) in [6.45, 7) is 8.35. The number of fused-ring (bicyclic) bond motifs is 1. The predicted molar refractivity (Wildman–Crippen MR) is 136 cm³/mol. The van der Waals surface area contributed by atoms with Crippen molar-refractivity contribution in [1.29, 1.82) is 0 Å². The summed E-state index contributed by atoms with van der Waals surface area (Å²) < 4.78 is 8.04. The molecular formula is C27H28N6O2. The lowest BCUT2D eigenvalue weighted by Gasteiger charge is -2.25. The van der Waals surface area contributed by atoms with Crippen molar-refractivity contribution in [3.8, 4) is 22.8 Å². The highest BCUT2D eigenvalue weighted by molar-refractivity contribution is 6.02. The lowest BCUT2D eigenvalue weighted by atomic mass is 9.90. The van der Waals surface area contributed by atoms with Crippen molar-refractivity contribution in [2.75, 3.05) is 12.3 Å². The number of rotatable bonds is 5. The summed E-state index contributed by atoms with van der Waals surface area (Å²) in [6.07, 6.45) is 3.71. The van der Waals surface area contributed by atoms with Crippen LogP contribution in [0.1, 0.15) is 30.7 Å². The molecule has 1 aromatic carbocycles. The third kappa shape index (κ3) is 3.90. The van der Waals surface area contributed by atoms with E-state index in [4.69, 9.17) is 10.5 Å². The number of likely N-dealkylation sites (tertiary alicyclic amines) is 1. The summed E-state index contributed by atoms with van der Waals surface area (Å²) >= 11 is 0. The second-order valence-electron chi connectivity index (χ2n) is 8.89. The molecule has 2 atom stereocenters. The minimum Gasteiger partial charge on any atom is -0.439 e. The van der Waals surface area contributed by atoms with Gasteiger partial charge >= 0.3 is 0 Å². The largest absolute Gasteiger partial charge is 0.439 e. The Morgan fingerprint density at radius 1 is 1.20 bits per heavy atom. The van der Waals surface area contributed by atoms with Crippen LogP contribution in [0.25, 0.3) is 22.2 Å². The number of anilines is 1. The van der Waals surface area contributed by atoms with Crippen LogP contribution in [0.5, 0.6) is 11.6 Å². The first-order chi connectivity index (χ1) is 16.9. The number of amides is 1. The van der Waals surface area contributed by atoms with E-state index < -0.39 is 0 Å². The van der Waals surface area contributed by atoms with Crippen LogP contribution in [0.15, 0.2) is 61.4 Å². The van der Waals surface area contributed by atoms with Crippen LogP contribution < -0.4 is 10.5 Å². The van der Waals surface area contributed by atoms with Gasteiger partial charge in [0.2, 0.25) is 11.8 Å². The molecule has 0 aliphatic carbocycles. The number of hydrogen-bond acceptors (Lipinski definition) is 6. The Morgan fingerprint density at radius 3 is 2.69 bits per heavy atom. The number of benzene rings is 1. The Balaban J connectivity index is 1.59. The number of hydrogen-bond donors (Lipinski definition) is 1. The third-order valence-electron chi connectivity index (χ3n) is 6.83. The maximum absolute atomic E-state index is 12.4. The summed E-state index contributed by atoms with van der Waals surface area (Å²) in [6, 6.07) is 13.6. The van der Waals surface area contributed by atoms with Gasteiger partial charge in [-0.2, -0.15) is 0 Å². The van der Waals surface area contributed by atoms with Crippen LogP contribution in [0.4, 0.5) is 5.82 Å². The summed E-state index contributed by atoms with van der Waals surface area (Å²) in [7, 11) is 2.00. The van der Waals surface area contributed by atoms with Crippen molar-refractivity contribution in [3.05, 3.63) is 72.8 Å². The number of carbonyl (C=O) groups is 1. The Hall–Kier alpha value is -4.20. The van der Waals surface area contributed by atoms with E-state index in [9.17, 15) is 4.79 Å². The standard InChI is InChI=1S/C27H28N6O2/c1-5-22(34)33-14-13-20(17(33)3)25-23(24-26(28)29-15-30-27(24)32(25)4)18-9-11-19(12-10-18)35-21-8-6-7-16(2)31-21/h5-12,15,17,20H,1,13-14H2,2-4H3,(H2,28,29,30)/t17-,20-/m1/s1. The highest BCUT2D eigenvalue weighted by atomic mass is 16.5. The Kier molecular flexibility index (Phi) is 5.72. The van der Waals surface area contributed by atoms with E-state index >= 15 is 0 Å². The van der Waals surface area contributed by atoms with E-state index in [0.29, 0.717) is 24.0 Å². The molecule has 2 N–H and O–H groups in total. The molecule has 4 heterocycles. The molecule has 0 saturated carbocycles. The van der Waals surface area contributed by atoms with Crippen LogP contribution in [-0.4, -0.2) is 42.9 Å². The Morgan fingerprint density at radius 2 is 1.97 bits per heavy atom. The van der Waals surface area contributed by atoms with Crippen LogP contribution in [0, 0.1) is 6.92 Å². The maximum Gasteiger partial charge on any atom is 0.246 e. The fourth-order valence-electron chi connectivity index (χ4n) is 5.14. The topological polar surface area (TPSA) is 99.2 Å². The lowest BCUT2D eigenvalue weighted by Crippen LogP contribution is -2.34. The normalized spacial score (nSPS) is 17.6. The molecule has 8 nitrogen and oxygen atoms in total. The Labute approximate surface area is 204 Å². The summed E-state index contributed by atoms with van der Waals surface area (Å²) in [5.41, 5.74) is 11.1. The first-order valence-corrected chi connectivity index (χ1v) is 11.6. The molecule has 1 aliphatic heterocycles. The number of carbonyl (C=O) groups excluding carboxylic acids is 1. The smallest absolute Gasteiger partial charge is 0.246 e. The minimum absolute atomic E-state index is 0.00597. The number of aromatic nitrogens is 4. The number of ether oxygens (including phenoxy) is 1. The average molecular weight is 469 g/mol. The van der Waals surface area contributed by atoms with Crippen LogP contribution in [0.3, 0.4) is 0 Å².